The van der Waals surface area contributed by atoms with Gasteiger partial charge >= 0.3 is 6.09 Å². The molecule has 0 heterocycles. The van der Waals surface area contributed by atoms with Crippen LogP contribution in [0.4, 0.5) is 4.79 Å². The number of hydrogen-bond donors (Lipinski definition) is 2. The number of nitrogens with one attached hydrogen (secondary N) is 2. The highest BCUT2D eigenvalue weighted by atomic mass is 16.5. The molecule has 0 aliphatic heterocycles. The van der Waals surface area contributed by atoms with Crippen molar-refractivity contribution < 1.29 is 9.53 Å². The number of rotatable bonds is 7. The van der Waals surface area contributed by atoms with Crippen LogP contribution < -0.4 is 10.6 Å². The molecule has 2 N–H and O–H groups in total. The van der Waals surface area contributed by atoms with Gasteiger partial charge in [0.15, 0.2) is 0 Å². The van der Waals surface area contributed by atoms with E-state index < -0.39 is 6.09 Å². The first-order chi connectivity index (χ1) is 11.3. The van der Waals surface area contributed by atoms with Gasteiger partial charge in [-0.05, 0) is 23.7 Å². The second-order valence-electron chi connectivity index (χ2n) is 5.07. The molecule has 120 valence electrons. The predicted molar refractivity (Wildman–Crippen MR) is 92.9 cm³/mol. The quantitative estimate of drug-likeness (QED) is 0.824. The lowest BCUT2D eigenvalue weighted by Crippen LogP contribution is -2.24. The highest BCUT2D eigenvalue weighted by molar-refractivity contribution is 5.67. The molecule has 0 fully saturated rings. The van der Waals surface area contributed by atoms with E-state index in [2.05, 4.69) is 22.8 Å². The molecule has 0 saturated heterocycles. The van der Waals surface area contributed by atoms with Crippen LogP contribution in [0.25, 0.3) is 6.08 Å². The van der Waals surface area contributed by atoms with Crippen LogP contribution in [-0.4, -0.2) is 19.7 Å². The molecule has 4 nitrogen and oxygen atoms in total. The maximum atomic E-state index is 11.6. The van der Waals surface area contributed by atoms with Crippen molar-refractivity contribution in [2.75, 3.05) is 13.6 Å². The largest absolute Gasteiger partial charge is 0.445 e. The van der Waals surface area contributed by atoms with Crippen LogP contribution in [0.1, 0.15) is 16.7 Å². The highest BCUT2D eigenvalue weighted by Crippen LogP contribution is 2.10. The van der Waals surface area contributed by atoms with E-state index in [1.165, 1.54) is 5.56 Å². The summed E-state index contributed by atoms with van der Waals surface area (Å²) in [4.78, 5) is 11.6. The number of alkyl carbamates (subject to hydrolysis) is 1. The summed E-state index contributed by atoms with van der Waals surface area (Å²) in [6.45, 7) is 1.52. The summed E-state index contributed by atoms with van der Waals surface area (Å²) in [5.74, 6) is 0. The Hall–Kier alpha value is -2.59. The number of ether oxygens (including phenoxy) is 1. The smallest absolute Gasteiger partial charge is 0.407 e. The first kappa shape index (κ1) is 16.8. The Morgan fingerprint density at radius 2 is 1.83 bits per heavy atom. The number of carbonyl (C=O) groups excluding carboxylic acids is 1. The zero-order valence-corrected chi connectivity index (χ0v) is 13.3. The number of hydrogen-bond acceptors (Lipinski definition) is 3. The van der Waals surface area contributed by atoms with Crippen molar-refractivity contribution in [1.29, 1.82) is 0 Å². The van der Waals surface area contributed by atoms with E-state index in [4.69, 9.17) is 4.74 Å². The molecule has 23 heavy (non-hydrogen) atoms. The van der Waals surface area contributed by atoms with Gasteiger partial charge in [-0.15, -0.1) is 0 Å². The molecule has 0 unspecified atom stereocenters. The Bertz CT molecular complexity index is 639. The minimum atomic E-state index is -0.415. The maximum Gasteiger partial charge on any atom is 0.407 e. The van der Waals surface area contributed by atoms with E-state index in [-0.39, 0.29) is 6.61 Å². The van der Waals surface area contributed by atoms with Gasteiger partial charge in [0.25, 0.3) is 0 Å². The third-order valence-electron chi connectivity index (χ3n) is 3.30. The molecular formula is C19H22N2O2. The normalized spacial score (nSPS) is 10.7. The second-order valence-corrected chi connectivity index (χ2v) is 5.07. The Morgan fingerprint density at radius 1 is 1.09 bits per heavy atom. The molecule has 2 rings (SSSR count). The summed E-state index contributed by atoms with van der Waals surface area (Å²) in [6.07, 6.45) is 3.50. The van der Waals surface area contributed by atoms with E-state index in [1.807, 2.05) is 61.7 Å². The SMILES string of the molecule is CNCc1ccccc1C=CCNC(=O)OCc1ccccc1. The second kappa shape index (κ2) is 9.43. The summed E-state index contributed by atoms with van der Waals surface area (Å²) in [6, 6.07) is 17.8. The minimum Gasteiger partial charge on any atom is -0.445 e. The van der Waals surface area contributed by atoms with Crippen molar-refractivity contribution >= 4 is 12.2 Å². The third-order valence-corrected chi connectivity index (χ3v) is 3.30. The van der Waals surface area contributed by atoms with Gasteiger partial charge in [-0.25, -0.2) is 4.79 Å². The Labute approximate surface area is 137 Å². The van der Waals surface area contributed by atoms with Gasteiger partial charge in [0.1, 0.15) is 6.61 Å². The molecule has 0 aliphatic carbocycles. The van der Waals surface area contributed by atoms with E-state index in [0.29, 0.717) is 6.54 Å². The fraction of sp³-hybridized carbons (Fsp3) is 0.211. The number of amides is 1. The van der Waals surface area contributed by atoms with E-state index in [9.17, 15) is 4.79 Å². The molecule has 4 heteroatoms. The van der Waals surface area contributed by atoms with E-state index >= 15 is 0 Å². The monoisotopic (exact) mass is 310 g/mol. The van der Waals surface area contributed by atoms with Crippen LogP contribution in [0.2, 0.25) is 0 Å². The van der Waals surface area contributed by atoms with E-state index in [0.717, 1.165) is 17.7 Å². The van der Waals surface area contributed by atoms with Gasteiger partial charge < -0.3 is 15.4 Å². The molecule has 0 aromatic heterocycles. The van der Waals surface area contributed by atoms with E-state index in [1.54, 1.807) is 0 Å². The van der Waals surface area contributed by atoms with Crippen molar-refractivity contribution in [2.45, 2.75) is 13.2 Å². The summed E-state index contributed by atoms with van der Waals surface area (Å²) in [5, 5.41) is 5.85. The predicted octanol–water partition coefficient (Wildman–Crippen LogP) is 3.35. The van der Waals surface area contributed by atoms with Gasteiger partial charge in [0.05, 0.1) is 0 Å². The Kier molecular flexibility index (Phi) is 6.88. The lowest BCUT2D eigenvalue weighted by Gasteiger charge is -2.06. The highest BCUT2D eigenvalue weighted by Gasteiger charge is 2.00. The molecule has 0 radical (unpaired) electrons. The molecule has 2 aromatic rings. The van der Waals surface area contributed by atoms with Crippen molar-refractivity contribution in [1.82, 2.24) is 10.6 Å². The summed E-state index contributed by atoms with van der Waals surface area (Å²) in [5.41, 5.74) is 3.33. The molecule has 0 atom stereocenters. The molecule has 0 bridgehead atoms. The molecule has 0 saturated carbocycles. The zero-order chi connectivity index (χ0) is 16.3. The number of carbonyl (C=O) groups is 1. The van der Waals surface area contributed by atoms with Crippen LogP contribution in [-0.2, 0) is 17.9 Å². The minimum absolute atomic E-state index is 0.279. The van der Waals surface area contributed by atoms with Gasteiger partial charge in [0.2, 0.25) is 0 Å². The number of benzene rings is 2. The first-order valence-corrected chi connectivity index (χ1v) is 7.63. The fourth-order valence-electron chi connectivity index (χ4n) is 2.15. The van der Waals surface area contributed by atoms with Crippen LogP contribution >= 0.6 is 0 Å². The van der Waals surface area contributed by atoms with Crippen molar-refractivity contribution in [3.63, 3.8) is 0 Å². The molecule has 0 aliphatic rings. The van der Waals surface area contributed by atoms with Crippen LogP contribution in [0, 0.1) is 0 Å². The Morgan fingerprint density at radius 3 is 2.61 bits per heavy atom. The third kappa shape index (κ3) is 5.96. The van der Waals surface area contributed by atoms with Gasteiger partial charge in [-0.1, -0.05) is 66.7 Å². The topological polar surface area (TPSA) is 50.4 Å². The average molecular weight is 310 g/mol. The average Bonchev–Trinajstić information content (AvgIpc) is 2.59. The summed E-state index contributed by atoms with van der Waals surface area (Å²) in [7, 11) is 1.92. The summed E-state index contributed by atoms with van der Waals surface area (Å²) >= 11 is 0. The molecule has 2 aromatic carbocycles. The van der Waals surface area contributed by atoms with Gasteiger partial charge in [-0.3, -0.25) is 0 Å². The van der Waals surface area contributed by atoms with Crippen LogP contribution in [0.15, 0.2) is 60.7 Å². The molecule has 1 amide bonds. The van der Waals surface area contributed by atoms with Crippen molar-refractivity contribution in [3.05, 3.63) is 77.4 Å². The molecule has 0 spiro atoms. The zero-order valence-electron chi connectivity index (χ0n) is 13.3. The first-order valence-electron chi connectivity index (χ1n) is 7.63. The maximum absolute atomic E-state index is 11.6. The summed E-state index contributed by atoms with van der Waals surface area (Å²) < 4.78 is 5.15. The van der Waals surface area contributed by atoms with Crippen LogP contribution in [0.5, 0.6) is 0 Å². The lowest BCUT2D eigenvalue weighted by atomic mass is 10.1. The standard InChI is InChI=1S/C19H22N2O2/c1-20-14-18-11-6-5-10-17(18)12-7-13-21-19(22)23-15-16-8-3-2-4-9-16/h2-12,20H,13-15H2,1H3,(H,21,22). The fourth-order valence-corrected chi connectivity index (χ4v) is 2.15. The van der Waals surface area contributed by atoms with Crippen LogP contribution in [0.3, 0.4) is 0 Å². The lowest BCUT2D eigenvalue weighted by molar-refractivity contribution is 0.141. The van der Waals surface area contributed by atoms with Crippen molar-refractivity contribution in [2.24, 2.45) is 0 Å². The Balaban J connectivity index is 1.75. The molecular weight excluding hydrogens is 288 g/mol. The van der Waals surface area contributed by atoms with Crippen molar-refractivity contribution in [3.8, 4) is 0 Å². The van der Waals surface area contributed by atoms with Gasteiger partial charge in [-0.2, -0.15) is 0 Å². The van der Waals surface area contributed by atoms with Gasteiger partial charge in [0, 0.05) is 13.1 Å².